The normalized spacial score (nSPS) is 20.0. The summed E-state index contributed by atoms with van der Waals surface area (Å²) in [5, 5.41) is 0. The molecular formula is C17H16FN3O2. The van der Waals surface area contributed by atoms with Crippen molar-refractivity contribution in [3.05, 3.63) is 60.2 Å². The van der Waals surface area contributed by atoms with Crippen LogP contribution in [0.25, 0.3) is 0 Å². The number of para-hydroxylation sites is 1. The fraction of sp³-hybridized carbons (Fsp3) is 0.176. The summed E-state index contributed by atoms with van der Waals surface area (Å²) in [4.78, 5) is 7.62. The van der Waals surface area contributed by atoms with E-state index in [1.807, 2.05) is 54.6 Å². The van der Waals surface area contributed by atoms with Gasteiger partial charge in [-0.15, -0.1) is 0 Å². The van der Waals surface area contributed by atoms with Crippen LogP contribution >= 0.6 is 0 Å². The molecule has 0 spiro atoms. The molecule has 2 aromatic rings. The van der Waals surface area contributed by atoms with Gasteiger partial charge in [0.15, 0.2) is 6.17 Å². The van der Waals surface area contributed by atoms with E-state index in [4.69, 9.17) is 15.2 Å². The Morgan fingerprint density at radius 3 is 2.61 bits per heavy atom. The Labute approximate surface area is 133 Å². The van der Waals surface area contributed by atoms with Crippen molar-refractivity contribution in [1.82, 2.24) is 0 Å². The molecular weight excluding hydrogens is 297 g/mol. The summed E-state index contributed by atoms with van der Waals surface area (Å²) >= 11 is 0. The Bertz CT molecular complexity index is 719. The van der Waals surface area contributed by atoms with Gasteiger partial charge in [0, 0.05) is 6.21 Å². The molecule has 2 unspecified atom stereocenters. The Hall–Kier alpha value is -2.73. The van der Waals surface area contributed by atoms with Gasteiger partial charge in [0.1, 0.15) is 24.3 Å². The second-order valence-corrected chi connectivity index (χ2v) is 4.98. The number of rotatable bonds is 4. The van der Waals surface area contributed by atoms with E-state index in [0.29, 0.717) is 5.75 Å². The van der Waals surface area contributed by atoms with E-state index >= 15 is 0 Å². The first-order valence-corrected chi connectivity index (χ1v) is 7.17. The van der Waals surface area contributed by atoms with Gasteiger partial charge in [0.05, 0.1) is 0 Å². The monoisotopic (exact) mass is 313 g/mol. The zero-order valence-corrected chi connectivity index (χ0v) is 12.3. The molecule has 1 heterocycles. The molecule has 0 saturated heterocycles. The smallest absolute Gasteiger partial charge is 0.313 e. The van der Waals surface area contributed by atoms with Crippen molar-refractivity contribution in [2.75, 3.05) is 0 Å². The highest BCUT2D eigenvalue weighted by atomic mass is 19.1. The lowest BCUT2D eigenvalue weighted by atomic mass is 10.2. The molecule has 0 radical (unpaired) electrons. The van der Waals surface area contributed by atoms with Crippen LogP contribution < -0.4 is 10.5 Å². The van der Waals surface area contributed by atoms with Crippen molar-refractivity contribution in [3.8, 4) is 11.5 Å². The number of halogens is 1. The second-order valence-electron chi connectivity index (χ2n) is 4.98. The third-order valence-corrected chi connectivity index (χ3v) is 3.16. The first-order chi connectivity index (χ1) is 11.2. The van der Waals surface area contributed by atoms with Crippen LogP contribution in [0.4, 0.5) is 4.39 Å². The molecule has 5 nitrogen and oxygen atoms in total. The summed E-state index contributed by atoms with van der Waals surface area (Å²) in [5.41, 5.74) is 6.38. The van der Waals surface area contributed by atoms with E-state index in [-0.39, 0.29) is 12.6 Å². The van der Waals surface area contributed by atoms with E-state index < -0.39 is 12.3 Å². The van der Waals surface area contributed by atoms with Gasteiger partial charge in [-0.1, -0.05) is 30.3 Å². The maximum absolute atomic E-state index is 13.1. The third kappa shape index (κ3) is 4.14. The summed E-state index contributed by atoms with van der Waals surface area (Å²) in [6.45, 7) is 0.242. The minimum atomic E-state index is -1.37. The number of ether oxygens (including phenoxy) is 2. The maximum atomic E-state index is 13.1. The van der Waals surface area contributed by atoms with Gasteiger partial charge in [-0.25, -0.2) is 14.4 Å². The standard InChI is InChI=1S/C17H16FN3O2/c18-15-10-20-17(21-16(15)19)22-11-12-5-4-8-14(9-12)23-13-6-2-1-3-7-13/h1-10,15-16H,11,19H2. The number of amidine groups is 1. The molecule has 0 saturated carbocycles. The van der Waals surface area contributed by atoms with Crippen LogP contribution in [0.2, 0.25) is 0 Å². The van der Waals surface area contributed by atoms with Gasteiger partial charge in [0.25, 0.3) is 0 Å². The molecule has 0 aliphatic carbocycles. The topological polar surface area (TPSA) is 69.2 Å². The average molecular weight is 313 g/mol. The highest BCUT2D eigenvalue weighted by Gasteiger charge is 2.19. The largest absolute Gasteiger partial charge is 0.459 e. The van der Waals surface area contributed by atoms with Crippen LogP contribution in [-0.2, 0) is 11.3 Å². The van der Waals surface area contributed by atoms with Gasteiger partial charge in [-0.3, -0.25) is 0 Å². The van der Waals surface area contributed by atoms with Crippen LogP contribution in [-0.4, -0.2) is 24.6 Å². The highest BCUT2D eigenvalue weighted by Crippen LogP contribution is 2.22. The minimum absolute atomic E-state index is 0.0841. The van der Waals surface area contributed by atoms with E-state index in [1.165, 1.54) is 0 Å². The molecule has 1 aliphatic rings. The summed E-state index contributed by atoms with van der Waals surface area (Å²) in [6, 6.07) is 17.1. The predicted octanol–water partition coefficient (Wildman–Crippen LogP) is 3.06. The number of nitrogens with two attached hydrogens (primary N) is 1. The van der Waals surface area contributed by atoms with Gasteiger partial charge < -0.3 is 15.2 Å². The van der Waals surface area contributed by atoms with Crippen molar-refractivity contribution in [1.29, 1.82) is 0 Å². The molecule has 2 N–H and O–H groups in total. The molecule has 0 aromatic heterocycles. The van der Waals surface area contributed by atoms with Crippen LogP contribution in [0, 0.1) is 0 Å². The Balaban J connectivity index is 1.62. The lowest BCUT2D eigenvalue weighted by molar-refractivity contribution is 0.275. The van der Waals surface area contributed by atoms with Crippen molar-refractivity contribution < 1.29 is 13.9 Å². The van der Waals surface area contributed by atoms with Crippen LogP contribution in [0.15, 0.2) is 64.6 Å². The Morgan fingerprint density at radius 2 is 1.83 bits per heavy atom. The average Bonchev–Trinajstić information content (AvgIpc) is 2.57. The fourth-order valence-electron chi connectivity index (χ4n) is 2.00. The van der Waals surface area contributed by atoms with Crippen LogP contribution in [0.3, 0.4) is 0 Å². The lowest BCUT2D eigenvalue weighted by Gasteiger charge is -2.15. The number of alkyl halides is 1. The van der Waals surface area contributed by atoms with E-state index in [0.717, 1.165) is 17.5 Å². The summed E-state index contributed by atoms with van der Waals surface area (Å²) in [7, 11) is 0. The highest BCUT2D eigenvalue weighted by molar-refractivity contribution is 5.87. The molecule has 118 valence electrons. The maximum Gasteiger partial charge on any atom is 0.313 e. The zero-order chi connectivity index (χ0) is 16.1. The summed E-state index contributed by atoms with van der Waals surface area (Å²) in [5.74, 6) is 1.46. The molecule has 3 rings (SSSR count). The molecule has 0 amide bonds. The fourth-order valence-corrected chi connectivity index (χ4v) is 2.00. The Kier molecular flexibility index (Phi) is 4.63. The van der Waals surface area contributed by atoms with E-state index in [9.17, 15) is 4.39 Å². The first-order valence-electron chi connectivity index (χ1n) is 7.17. The quantitative estimate of drug-likeness (QED) is 0.943. The molecule has 2 atom stereocenters. The Morgan fingerprint density at radius 1 is 1.04 bits per heavy atom. The molecule has 0 fully saturated rings. The number of hydrogen-bond donors (Lipinski definition) is 1. The number of nitrogens with zero attached hydrogens (tertiary/aromatic N) is 2. The zero-order valence-electron chi connectivity index (χ0n) is 12.3. The van der Waals surface area contributed by atoms with Gasteiger partial charge in [0.2, 0.25) is 0 Å². The number of benzene rings is 2. The SMILES string of the molecule is NC1N=C(OCc2cccc(Oc3ccccc3)c2)N=CC1F. The second kappa shape index (κ2) is 7.02. The van der Waals surface area contributed by atoms with Crippen LogP contribution in [0.1, 0.15) is 5.56 Å². The van der Waals surface area contributed by atoms with Gasteiger partial charge in [-0.05, 0) is 29.8 Å². The van der Waals surface area contributed by atoms with Crippen molar-refractivity contribution >= 4 is 12.2 Å². The minimum Gasteiger partial charge on any atom is -0.459 e. The van der Waals surface area contributed by atoms with Gasteiger partial charge >= 0.3 is 6.02 Å². The molecule has 23 heavy (non-hydrogen) atoms. The predicted molar refractivity (Wildman–Crippen MR) is 86.5 cm³/mol. The van der Waals surface area contributed by atoms with Gasteiger partial charge in [-0.2, -0.15) is 0 Å². The third-order valence-electron chi connectivity index (χ3n) is 3.16. The van der Waals surface area contributed by atoms with Crippen molar-refractivity contribution in [2.45, 2.75) is 18.9 Å². The molecule has 0 bridgehead atoms. The first kappa shape index (κ1) is 15.2. The molecule has 1 aliphatic heterocycles. The number of hydrogen-bond acceptors (Lipinski definition) is 5. The summed E-state index contributed by atoms with van der Waals surface area (Å²) < 4.78 is 24.3. The van der Waals surface area contributed by atoms with E-state index in [1.54, 1.807) is 0 Å². The summed E-state index contributed by atoms with van der Waals surface area (Å²) in [6.07, 6.45) is -1.23. The van der Waals surface area contributed by atoms with E-state index in [2.05, 4.69) is 9.98 Å². The molecule has 6 heteroatoms. The molecule has 2 aromatic carbocycles. The van der Waals surface area contributed by atoms with Crippen molar-refractivity contribution in [3.63, 3.8) is 0 Å². The lowest BCUT2D eigenvalue weighted by Crippen LogP contribution is -2.35. The van der Waals surface area contributed by atoms with Crippen molar-refractivity contribution in [2.24, 2.45) is 15.7 Å². The number of aliphatic imine (C=N–C) groups is 2. The van der Waals surface area contributed by atoms with Crippen LogP contribution in [0.5, 0.6) is 11.5 Å².